The van der Waals surface area contributed by atoms with Crippen molar-refractivity contribution in [2.24, 2.45) is 0 Å². The molecule has 0 aliphatic rings. The van der Waals surface area contributed by atoms with Crippen LogP contribution < -0.4 is 0 Å². The van der Waals surface area contributed by atoms with Gasteiger partial charge in [-0.05, 0) is 30.8 Å². The second kappa shape index (κ2) is 6.14. The molecule has 0 spiro atoms. The van der Waals surface area contributed by atoms with E-state index in [4.69, 9.17) is 23.2 Å². The molecule has 2 aromatic heterocycles. The molecule has 0 aromatic carbocycles. The van der Waals surface area contributed by atoms with Gasteiger partial charge in [-0.2, -0.15) is 0 Å². The summed E-state index contributed by atoms with van der Waals surface area (Å²) in [5.74, 6) is 0. The summed E-state index contributed by atoms with van der Waals surface area (Å²) in [6.45, 7) is 1.44. The van der Waals surface area contributed by atoms with Crippen molar-refractivity contribution in [3.8, 4) is 0 Å². The molecule has 0 radical (unpaired) electrons. The number of pyridine rings is 2. The molecule has 5 heteroatoms. The topological polar surface area (TPSA) is 29.0 Å². The fourth-order valence-electron chi connectivity index (χ4n) is 1.68. The number of rotatable bonds is 4. The van der Waals surface area contributed by atoms with Crippen LogP contribution in [0.15, 0.2) is 36.7 Å². The van der Waals surface area contributed by atoms with E-state index in [1.807, 2.05) is 25.4 Å². The molecule has 0 saturated heterocycles. The Morgan fingerprint density at radius 2 is 2.00 bits per heavy atom. The Morgan fingerprint density at radius 1 is 1.17 bits per heavy atom. The van der Waals surface area contributed by atoms with E-state index in [2.05, 4.69) is 14.9 Å². The third kappa shape index (κ3) is 3.67. The van der Waals surface area contributed by atoms with Gasteiger partial charge in [0.15, 0.2) is 0 Å². The molecule has 0 unspecified atom stereocenters. The lowest BCUT2D eigenvalue weighted by Crippen LogP contribution is -2.18. The van der Waals surface area contributed by atoms with Crippen LogP contribution in [0.5, 0.6) is 0 Å². The number of halogens is 2. The molecular weight excluding hydrogens is 269 g/mol. The maximum atomic E-state index is 6.08. The molecule has 0 saturated carbocycles. The van der Waals surface area contributed by atoms with Gasteiger partial charge in [-0.1, -0.05) is 29.3 Å². The first kappa shape index (κ1) is 13.3. The maximum Gasteiger partial charge on any atom is 0.129 e. The van der Waals surface area contributed by atoms with E-state index in [9.17, 15) is 0 Å². The molecule has 0 aliphatic carbocycles. The summed E-state index contributed by atoms with van der Waals surface area (Å²) in [7, 11) is 2.01. The Labute approximate surface area is 116 Å². The Balaban J connectivity index is 2.03. The summed E-state index contributed by atoms with van der Waals surface area (Å²) in [6.07, 6.45) is 3.61. The predicted molar refractivity (Wildman–Crippen MR) is 73.7 cm³/mol. The zero-order valence-electron chi connectivity index (χ0n) is 9.98. The van der Waals surface area contributed by atoms with Crippen LogP contribution in [-0.4, -0.2) is 21.9 Å². The van der Waals surface area contributed by atoms with E-state index in [0.717, 1.165) is 17.8 Å². The van der Waals surface area contributed by atoms with Crippen molar-refractivity contribution in [1.82, 2.24) is 14.9 Å². The Bertz CT molecular complexity index is 517. The number of aromatic nitrogens is 2. The molecule has 0 amide bonds. The van der Waals surface area contributed by atoms with E-state index in [-0.39, 0.29) is 0 Å². The highest BCUT2D eigenvalue weighted by molar-refractivity contribution is 6.32. The molecular formula is C13H13Cl2N3. The Hall–Kier alpha value is -1.16. The standard InChI is InChI=1S/C13H13Cl2N3/c1-18(8-10-3-2-6-16-7-10)9-12-11(14)4-5-13(15)17-12/h2-7H,8-9H2,1H3. The van der Waals surface area contributed by atoms with E-state index in [0.29, 0.717) is 16.7 Å². The molecule has 94 valence electrons. The average Bonchev–Trinajstić information content (AvgIpc) is 2.35. The minimum atomic E-state index is 0.462. The molecule has 0 bridgehead atoms. The number of nitrogens with zero attached hydrogens (tertiary/aromatic N) is 3. The van der Waals surface area contributed by atoms with Gasteiger partial charge in [0, 0.05) is 25.5 Å². The zero-order valence-corrected chi connectivity index (χ0v) is 11.5. The predicted octanol–water partition coefficient (Wildman–Crippen LogP) is 3.42. The van der Waals surface area contributed by atoms with Gasteiger partial charge >= 0.3 is 0 Å². The molecule has 0 fully saturated rings. The van der Waals surface area contributed by atoms with Gasteiger partial charge in [-0.3, -0.25) is 9.88 Å². The Kier molecular flexibility index (Phi) is 4.53. The number of hydrogen-bond donors (Lipinski definition) is 0. The summed E-state index contributed by atoms with van der Waals surface area (Å²) in [5, 5.41) is 1.10. The summed E-state index contributed by atoms with van der Waals surface area (Å²) < 4.78 is 0. The van der Waals surface area contributed by atoms with Gasteiger partial charge < -0.3 is 0 Å². The second-order valence-electron chi connectivity index (χ2n) is 4.10. The molecule has 2 aromatic rings. The average molecular weight is 282 g/mol. The van der Waals surface area contributed by atoms with Crippen molar-refractivity contribution in [2.45, 2.75) is 13.1 Å². The first-order valence-corrected chi connectivity index (χ1v) is 6.29. The monoisotopic (exact) mass is 281 g/mol. The van der Waals surface area contributed by atoms with Crippen molar-refractivity contribution in [3.05, 3.63) is 58.1 Å². The molecule has 18 heavy (non-hydrogen) atoms. The first-order valence-electron chi connectivity index (χ1n) is 5.53. The minimum absolute atomic E-state index is 0.462. The molecule has 0 N–H and O–H groups in total. The second-order valence-corrected chi connectivity index (χ2v) is 4.89. The van der Waals surface area contributed by atoms with Crippen LogP contribution in [0.3, 0.4) is 0 Å². The van der Waals surface area contributed by atoms with Crippen LogP contribution in [-0.2, 0) is 13.1 Å². The van der Waals surface area contributed by atoms with Gasteiger partial charge in [0.05, 0.1) is 10.7 Å². The van der Waals surface area contributed by atoms with Crippen molar-refractivity contribution < 1.29 is 0 Å². The van der Waals surface area contributed by atoms with E-state index < -0.39 is 0 Å². The number of hydrogen-bond acceptors (Lipinski definition) is 3. The van der Waals surface area contributed by atoms with E-state index >= 15 is 0 Å². The van der Waals surface area contributed by atoms with E-state index in [1.165, 1.54) is 0 Å². The highest BCUT2D eigenvalue weighted by Gasteiger charge is 2.07. The van der Waals surface area contributed by atoms with Gasteiger partial charge in [0.2, 0.25) is 0 Å². The normalized spacial score (nSPS) is 10.9. The van der Waals surface area contributed by atoms with Gasteiger partial charge in [-0.25, -0.2) is 4.98 Å². The fourth-order valence-corrected chi connectivity index (χ4v) is 2.01. The van der Waals surface area contributed by atoms with Crippen LogP contribution in [0.1, 0.15) is 11.3 Å². The first-order chi connectivity index (χ1) is 8.65. The summed E-state index contributed by atoms with van der Waals surface area (Å²) in [4.78, 5) is 10.4. The SMILES string of the molecule is CN(Cc1cccnc1)Cc1nc(Cl)ccc1Cl. The van der Waals surface area contributed by atoms with Gasteiger partial charge in [-0.15, -0.1) is 0 Å². The molecule has 3 nitrogen and oxygen atoms in total. The van der Waals surface area contributed by atoms with Crippen LogP contribution in [0.4, 0.5) is 0 Å². The summed E-state index contributed by atoms with van der Waals surface area (Å²) >= 11 is 11.9. The highest BCUT2D eigenvalue weighted by atomic mass is 35.5. The quantitative estimate of drug-likeness (QED) is 0.805. The third-order valence-electron chi connectivity index (χ3n) is 2.48. The third-order valence-corrected chi connectivity index (χ3v) is 3.03. The van der Waals surface area contributed by atoms with E-state index in [1.54, 1.807) is 18.3 Å². The lowest BCUT2D eigenvalue weighted by Gasteiger charge is -2.16. The van der Waals surface area contributed by atoms with Crippen LogP contribution in [0, 0.1) is 0 Å². The Morgan fingerprint density at radius 3 is 2.72 bits per heavy atom. The molecule has 0 aliphatic heterocycles. The van der Waals surface area contributed by atoms with Crippen molar-refractivity contribution in [1.29, 1.82) is 0 Å². The molecule has 2 heterocycles. The molecule has 2 rings (SSSR count). The largest absolute Gasteiger partial charge is 0.296 e. The maximum absolute atomic E-state index is 6.08. The fraction of sp³-hybridized carbons (Fsp3) is 0.231. The lowest BCUT2D eigenvalue weighted by molar-refractivity contribution is 0.315. The molecule has 0 atom stereocenters. The van der Waals surface area contributed by atoms with Gasteiger partial charge in [0.25, 0.3) is 0 Å². The van der Waals surface area contributed by atoms with Crippen LogP contribution >= 0.6 is 23.2 Å². The van der Waals surface area contributed by atoms with Crippen LogP contribution in [0.2, 0.25) is 10.2 Å². The van der Waals surface area contributed by atoms with Crippen LogP contribution in [0.25, 0.3) is 0 Å². The summed E-state index contributed by atoms with van der Waals surface area (Å²) in [6, 6.07) is 7.42. The zero-order chi connectivity index (χ0) is 13.0. The smallest absolute Gasteiger partial charge is 0.129 e. The minimum Gasteiger partial charge on any atom is -0.296 e. The summed E-state index contributed by atoms with van der Waals surface area (Å²) in [5.41, 5.74) is 1.94. The van der Waals surface area contributed by atoms with Crippen molar-refractivity contribution in [2.75, 3.05) is 7.05 Å². The van der Waals surface area contributed by atoms with Crippen molar-refractivity contribution >= 4 is 23.2 Å². The highest BCUT2D eigenvalue weighted by Crippen LogP contribution is 2.18. The lowest BCUT2D eigenvalue weighted by atomic mass is 10.2. The van der Waals surface area contributed by atoms with Crippen molar-refractivity contribution in [3.63, 3.8) is 0 Å². The van der Waals surface area contributed by atoms with Gasteiger partial charge in [0.1, 0.15) is 5.15 Å².